The zero-order valence-corrected chi connectivity index (χ0v) is 18.1. The number of ether oxygens (including phenoxy) is 1. The lowest BCUT2D eigenvalue weighted by Gasteiger charge is -2.26. The van der Waals surface area contributed by atoms with Crippen LogP contribution < -0.4 is 0 Å². The second-order valence-electron chi connectivity index (χ2n) is 8.27. The monoisotopic (exact) mass is 402 g/mol. The summed E-state index contributed by atoms with van der Waals surface area (Å²) in [6.45, 7) is 8.12. The summed E-state index contributed by atoms with van der Waals surface area (Å²) in [5.74, 6) is 0.158. The van der Waals surface area contributed by atoms with Gasteiger partial charge in [0.05, 0.1) is 17.3 Å². The third-order valence-corrected chi connectivity index (χ3v) is 5.91. The summed E-state index contributed by atoms with van der Waals surface area (Å²) in [7, 11) is 0. The largest absolute Gasteiger partial charge is 0.376 e. The van der Waals surface area contributed by atoms with Gasteiger partial charge in [0.1, 0.15) is 0 Å². The zero-order chi connectivity index (χ0) is 21.1. The molecule has 1 atom stereocenters. The molecule has 4 heteroatoms. The number of nitrogens with zero attached hydrogens (tertiary/aromatic N) is 2. The minimum Gasteiger partial charge on any atom is -0.376 e. The van der Waals surface area contributed by atoms with E-state index in [0.29, 0.717) is 19.5 Å². The number of benzene rings is 2. The van der Waals surface area contributed by atoms with Gasteiger partial charge in [-0.05, 0) is 56.0 Å². The highest BCUT2D eigenvalue weighted by molar-refractivity contribution is 5.85. The minimum atomic E-state index is 0.137. The van der Waals surface area contributed by atoms with Crippen molar-refractivity contribution in [1.82, 2.24) is 9.88 Å². The average molecular weight is 403 g/mol. The van der Waals surface area contributed by atoms with Crippen LogP contribution in [0.15, 0.2) is 48.5 Å². The molecule has 0 bridgehead atoms. The lowest BCUT2D eigenvalue weighted by Crippen LogP contribution is -2.36. The van der Waals surface area contributed by atoms with Gasteiger partial charge in [0.2, 0.25) is 5.91 Å². The molecule has 0 N–H and O–H groups in total. The smallest absolute Gasteiger partial charge is 0.222 e. The van der Waals surface area contributed by atoms with Crippen molar-refractivity contribution in [3.05, 3.63) is 65.2 Å². The Hall–Kier alpha value is -2.72. The molecule has 1 amide bonds. The number of hydrogen-bond acceptors (Lipinski definition) is 3. The Morgan fingerprint density at radius 2 is 2.00 bits per heavy atom. The number of carbonyl (C=O) groups excluding carboxylic acids is 1. The first-order valence-corrected chi connectivity index (χ1v) is 10.9. The molecule has 2 aromatic carbocycles. The van der Waals surface area contributed by atoms with E-state index in [1.165, 1.54) is 11.1 Å². The predicted octanol–water partition coefficient (Wildman–Crippen LogP) is 5.44. The van der Waals surface area contributed by atoms with Crippen molar-refractivity contribution in [2.45, 2.75) is 52.7 Å². The molecule has 156 valence electrons. The van der Waals surface area contributed by atoms with Crippen molar-refractivity contribution >= 4 is 16.8 Å². The summed E-state index contributed by atoms with van der Waals surface area (Å²) in [4.78, 5) is 19.8. The van der Waals surface area contributed by atoms with E-state index in [-0.39, 0.29) is 12.0 Å². The van der Waals surface area contributed by atoms with E-state index in [4.69, 9.17) is 9.72 Å². The number of amides is 1. The molecule has 1 aliphatic rings. The number of aryl methyl sites for hydroxylation is 2. The standard InChI is InChI=1S/C26H30N2O2/c1-4-25(29)28(17-22-9-7-13-30-22)16-21-15-20-14-18(2)11-12-24(20)27-26(21)23-10-6-5-8-19(23)3/h5-6,8,10-12,14-15,22H,4,7,9,13,16-17H2,1-3H3/t22-/m1/s1. The maximum Gasteiger partial charge on any atom is 0.222 e. The van der Waals surface area contributed by atoms with Gasteiger partial charge in [-0.15, -0.1) is 0 Å². The molecule has 1 aliphatic heterocycles. The van der Waals surface area contributed by atoms with Gasteiger partial charge < -0.3 is 9.64 Å². The van der Waals surface area contributed by atoms with Crippen molar-refractivity contribution in [2.24, 2.45) is 0 Å². The first-order valence-electron chi connectivity index (χ1n) is 10.9. The molecule has 1 saturated heterocycles. The molecule has 0 spiro atoms. The second kappa shape index (κ2) is 8.97. The summed E-state index contributed by atoms with van der Waals surface area (Å²) >= 11 is 0. The number of hydrogen-bond donors (Lipinski definition) is 0. The van der Waals surface area contributed by atoms with Crippen LogP contribution in [-0.2, 0) is 16.1 Å². The maximum atomic E-state index is 12.8. The van der Waals surface area contributed by atoms with Crippen molar-refractivity contribution in [1.29, 1.82) is 0 Å². The highest BCUT2D eigenvalue weighted by atomic mass is 16.5. The highest BCUT2D eigenvalue weighted by Gasteiger charge is 2.23. The second-order valence-corrected chi connectivity index (χ2v) is 8.27. The van der Waals surface area contributed by atoms with E-state index in [0.717, 1.165) is 47.2 Å². The molecular formula is C26H30N2O2. The van der Waals surface area contributed by atoms with E-state index < -0.39 is 0 Å². The Bertz CT molecular complexity index is 1050. The van der Waals surface area contributed by atoms with Crippen LogP contribution in [0, 0.1) is 13.8 Å². The summed E-state index contributed by atoms with van der Waals surface area (Å²) in [6, 6.07) is 16.9. The average Bonchev–Trinajstić information content (AvgIpc) is 3.26. The first kappa shape index (κ1) is 20.5. The van der Waals surface area contributed by atoms with Gasteiger partial charge in [0.15, 0.2) is 0 Å². The summed E-state index contributed by atoms with van der Waals surface area (Å²) in [6.07, 6.45) is 2.72. The maximum absolute atomic E-state index is 12.8. The summed E-state index contributed by atoms with van der Waals surface area (Å²) < 4.78 is 5.83. The fraction of sp³-hybridized carbons (Fsp3) is 0.385. The van der Waals surface area contributed by atoms with Crippen LogP contribution in [0.3, 0.4) is 0 Å². The van der Waals surface area contributed by atoms with Crippen molar-refractivity contribution in [3.8, 4) is 11.3 Å². The Morgan fingerprint density at radius 1 is 1.17 bits per heavy atom. The highest BCUT2D eigenvalue weighted by Crippen LogP contribution is 2.30. The number of pyridine rings is 1. The zero-order valence-electron chi connectivity index (χ0n) is 18.1. The number of rotatable bonds is 6. The van der Waals surface area contributed by atoms with Crippen LogP contribution in [0.5, 0.6) is 0 Å². The van der Waals surface area contributed by atoms with E-state index in [9.17, 15) is 4.79 Å². The Kier molecular flexibility index (Phi) is 6.14. The molecule has 1 aromatic heterocycles. The van der Waals surface area contributed by atoms with Gasteiger partial charge in [0, 0.05) is 37.1 Å². The third kappa shape index (κ3) is 4.39. The summed E-state index contributed by atoms with van der Waals surface area (Å²) in [5.41, 5.74) is 6.55. The molecule has 1 fully saturated rings. The van der Waals surface area contributed by atoms with E-state index >= 15 is 0 Å². The quantitative estimate of drug-likeness (QED) is 0.552. The van der Waals surface area contributed by atoms with Crippen LogP contribution in [0.2, 0.25) is 0 Å². The van der Waals surface area contributed by atoms with Gasteiger partial charge in [-0.2, -0.15) is 0 Å². The van der Waals surface area contributed by atoms with Gasteiger partial charge in [-0.3, -0.25) is 4.79 Å². The lowest BCUT2D eigenvalue weighted by molar-refractivity contribution is -0.133. The van der Waals surface area contributed by atoms with E-state index in [1.54, 1.807) is 0 Å². The number of fused-ring (bicyclic) bond motifs is 1. The number of carbonyl (C=O) groups is 1. The molecule has 4 rings (SSSR count). The predicted molar refractivity (Wildman–Crippen MR) is 121 cm³/mol. The first-order chi connectivity index (χ1) is 14.5. The molecular weight excluding hydrogens is 372 g/mol. The van der Waals surface area contributed by atoms with Crippen LogP contribution in [0.1, 0.15) is 42.9 Å². The topological polar surface area (TPSA) is 42.4 Å². The van der Waals surface area contributed by atoms with E-state index in [2.05, 4.69) is 56.3 Å². The van der Waals surface area contributed by atoms with Gasteiger partial charge >= 0.3 is 0 Å². The van der Waals surface area contributed by atoms with Gasteiger partial charge in [-0.1, -0.05) is 42.8 Å². The van der Waals surface area contributed by atoms with Crippen molar-refractivity contribution in [3.63, 3.8) is 0 Å². The lowest BCUT2D eigenvalue weighted by atomic mass is 9.98. The molecule has 0 aliphatic carbocycles. The molecule has 0 radical (unpaired) electrons. The molecule has 0 unspecified atom stereocenters. The summed E-state index contributed by atoms with van der Waals surface area (Å²) in [5, 5.41) is 1.11. The molecule has 4 nitrogen and oxygen atoms in total. The molecule has 30 heavy (non-hydrogen) atoms. The van der Waals surface area contributed by atoms with Crippen molar-refractivity contribution < 1.29 is 9.53 Å². The van der Waals surface area contributed by atoms with Gasteiger partial charge in [0.25, 0.3) is 0 Å². The van der Waals surface area contributed by atoms with Crippen LogP contribution in [0.4, 0.5) is 0 Å². The fourth-order valence-corrected chi connectivity index (χ4v) is 4.25. The molecule has 3 aromatic rings. The van der Waals surface area contributed by atoms with Gasteiger partial charge in [-0.25, -0.2) is 4.98 Å². The van der Waals surface area contributed by atoms with Crippen LogP contribution in [-0.4, -0.2) is 35.0 Å². The minimum absolute atomic E-state index is 0.137. The van der Waals surface area contributed by atoms with E-state index in [1.807, 2.05) is 17.9 Å². The SMILES string of the molecule is CCC(=O)N(Cc1cc2cc(C)ccc2nc1-c1ccccc1C)C[C@H]1CCCO1. The van der Waals surface area contributed by atoms with Crippen LogP contribution in [0.25, 0.3) is 22.2 Å². The normalized spacial score (nSPS) is 16.2. The molecule has 2 heterocycles. The Morgan fingerprint density at radius 3 is 2.73 bits per heavy atom. The Labute approximate surface area is 178 Å². The van der Waals surface area contributed by atoms with Crippen LogP contribution >= 0.6 is 0 Å². The van der Waals surface area contributed by atoms with Crippen molar-refractivity contribution in [2.75, 3.05) is 13.2 Å². The Balaban J connectivity index is 1.79. The fourth-order valence-electron chi connectivity index (χ4n) is 4.25. The molecule has 0 saturated carbocycles. The number of aromatic nitrogens is 1. The third-order valence-electron chi connectivity index (χ3n) is 5.91.